The van der Waals surface area contributed by atoms with Gasteiger partial charge < -0.3 is 4.74 Å². The minimum Gasteiger partial charge on any atom is -0.385 e. The quantitative estimate of drug-likeness (QED) is 0.490. The maximum Gasteiger partial charge on any atom is 0.146 e. The van der Waals surface area contributed by atoms with Crippen molar-refractivity contribution in [3.8, 4) is 0 Å². The van der Waals surface area contributed by atoms with Gasteiger partial charge in [0.25, 0.3) is 0 Å². The Morgan fingerprint density at radius 1 is 0.920 bits per heavy atom. The Morgan fingerprint density at radius 3 is 2.20 bits per heavy atom. The third kappa shape index (κ3) is 4.21. The van der Waals surface area contributed by atoms with Crippen LogP contribution in [0.2, 0.25) is 11.1 Å². The third-order valence-corrected chi connectivity index (χ3v) is 11.6. The Bertz CT molecular complexity index is 631. The second kappa shape index (κ2) is 9.30. The average molecular weight is 356 g/mol. The van der Waals surface area contributed by atoms with Gasteiger partial charge in [-0.05, 0) is 53.2 Å². The van der Waals surface area contributed by atoms with E-state index in [1.54, 1.807) is 12.3 Å². The van der Waals surface area contributed by atoms with Crippen LogP contribution in [0.1, 0.15) is 46.1 Å². The van der Waals surface area contributed by atoms with Crippen molar-refractivity contribution >= 4 is 18.6 Å². The molecule has 0 aliphatic rings. The summed E-state index contributed by atoms with van der Waals surface area (Å²) in [7, 11) is -0.176. The fraction of sp³-hybridized carbons (Fsp3) is 0.500. The monoisotopic (exact) mass is 355 g/mol. The number of unbranched alkanes of at least 4 members (excludes halogenated alkanes) is 1. The molecule has 0 spiro atoms. The summed E-state index contributed by atoms with van der Waals surface area (Å²) in [5, 5.41) is 2.90. The molecule has 0 amide bonds. The standard InChI is InChI=1S/C22H33NOSi/c1-18(2)25(19(3)4,22-15-8-10-16-23-22)21-14-7-6-12-20(21)13-9-11-17-24-5/h6-8,10,12,14-16,18-19H,9,11,13,17H2,1-5H3. The summed E-state index contributed by atoms with van der Waals surface area (Å²) in [6.07, 6.45) is 5.38. The molecule has 0 atom stereocenters. The molecule has 0 saturated heterocycles. The van der Waals surface area contributed by atoms with E-state index in [0.717, 1.165) is 19.4 Å². The zero-order chi connectivity index (χ0) is 18.3. The van der Waals surface area contributed by atoms with E-state index in [4.69, 9.17) is 9.72 Å². The summed E-state index contributed by atoms with van der Waals surface area (Å²) in [5.41, 5.74) is 2.71. The largest absolute Gasteiger partial charge is 0.385 e. The molecule has 0 aliphatic carbocycles. The van der Waals surface area contributed by atoms with Crippen LogP contribution >= 0.6 is 0 Å². The number of nitrogens with zero attached hydrogens (tertiary/aromatic N) is 1. The number of aromatic nitrogens is 1. The molecule has 2 nitrogen and oxygen atoms in total. The third-order valence-electron chi connectivity index (χ3n) is 5.42. The molecule has 2 rings (SSSR count). The molecule has 0 saturated carbocycles. The van der Waals surface area contributed by atoms with Gasteiger partial charge in [0.05, 0.1) is 0 Å². The van der Waals surface area contributed by atoms with Gasteiger partial charge in [0.2, 0.25) is 0 Å². The van der Waals surface area contributed by atoms with E-state index in [1.165, 1.54) is 17.3 Å². The van der Waals surface area contributed by atoms with E-state index in [0.29, 0.717) is 11.1 Å². The fourth-order valence-corrected chi connectivity index (χ4v) is 10.1. The number of pyridine rings is 1. The van der Waals surface area contributed by atoms with Crippen molar-refractivity contribution in [2.24, 2.45) is 0 Å². The molecule has 3 heteroatoms. The predicted octanol–water partition coefficient (Wildman–Crippen LogP) is 4.43. The lowest BCUT2D eigenvalue weighted by molar-refractivity contribution is 0.193. The minimum atomic E-state index is -1.96. The molecule has 0 N–H and O–H groups in total. The van der Waals surface area contributed by atoms with Gasteiger partial charge in [-0.25, -0.2) is 0 Å². The number of methoxy groups -OCH3 is 1. The molecule has 25 heavy (non-hydrogen) atoms. The molecule has 1 aromatic carbocycles. The zero-order valence-electron chi connectivity index (χ0n) is 16.5. The first-order valence-electron chi connectivity index (χ1n) is 9.54. The van der Waals surface area contributed by atoms with Crippen molar-refractivity contribution in [1.82, 2.24) is 4.98 Å². The molecule has 2 aromatic rings. The summed E-state index contributed by atoms with van der Waals surface area (Å²) in [6.45, 7) is 10.4. The number of hydrogen-bond acceptors (Lipinski definition) is 2. The van der Waals surface area contributed by atoms with Crippen LogP contribution in [-0.4, -0.2) is 26.8 Å². The molecule has 0 fully saturated rings. The summed E-state index contributed by atoms with van der Waals surface area (Å²) >= 11 is 0. The minimum absolute atomic E-state index is 0.600. The van der Waals surface area contributed by atoms with Crippen molar-refractivity contribution in [1.29, 1.82) is 0 Å². The van der Waals surface area contributed by atoms with Crippen LogP contribution in [0.15, 0.2) is 48.7 Å². The van der Waals surface area contributed by atoms with Crippen molar-refractivity contribution < 1.29 is 4.74 Å². The Balaban J connectivity index is 2.52. The second-order valence-corrected chi connectivity index (χ2v) is 12.6. The molecule has 1 aromatic heterocycles. The fourth-order valence-electron chi connectivity index (χ4n) is 4.33. The van der Waals surface area contributed by atoms with Crippen molar-refractivity contribution in [3.05, 3.63) is 54.2 Å². The molecule has 1 heterocycles. The van der Waals surface area contributed by atoms with E-state index < -0.39 is 8.07 Å². The van der Waals surface area contributed by atoms with Gasteiger partial charge in [-0.1, -0.05) is 58.0 Å². The van der Waals surface area contributed by atoms with Gasteiger partial charge in [-0.2, -0.15) is 0 Å². The van der Waals surface area contributed by atoms with E-state index in [9.17, 15) is 0 Å². The highest BCUT2D eigenvalue weighted by Gasteiger charge is 2.45. The second-order valence-electron chi connectivity index (χ2n) is 7.50. The van der Waals surface area contributed by atoms with Crippen LogP contribution < -0.4 is 10.5 Å². The lowest BCUT2D eigenvalue weighted by atomic mass is 10.1. The summed E-state index contributed by atoms with van der Waals surface area (Å²) in [5.74, 6) is 0. The van der Waals surface area contributed by atoms with Gasteiger partial charge in [0.15, 0.2) is 0 Å². The SMILES string of the molecule is COCCCCc1ccccc1[Si](c1ccccn1)(C(C)C)C(C)C. The van der Waals surface area contributed by atoms with E-state index >= 15 is 0 Å². The Hall–Kier alpha value is -1.45. The first-order chi connectivity index (χ1) is 12.0. The van der Waals surface area contributed by atoms with Crippen LogP contribution in [0.4, 0.5) is 0 Å². The van der Waals surface area contributed by atoms with Crippen LogP contribution in [-0.2, 0) is 11.2 Å². The van der Waals surface area contributed by atoms with Crippen LogP contribution in [0.25, 0.3) is 0 Å². The maximum atomic E-state index is 5.22. The Kier molecular flexibility index (Phi) is 7.39. The van der Waals surface area contributed by atoms with Crippen molar-refractivity contribution in [2.45, 2.75) is 58.0 Å². The Labute approximate surface area is 154 Å². The lowest BCUT2D eigenvalue weighted by Gasteiger charge is -2.40. The summed E-state index contributed by atoms with van der Waals surface area (Å²) in [4.78, 5) is 4.86. The van der Waals surface area contributed by atoms with Crippen molar-refractivity contribution in [2.75, 3.05) is 13.7 Å². The molecule has 136 valence electrons. The van der Waals surface area contributed by atoms with Gasteiger partial charge in [0.1, 0.15) is 8.07 Å². The average Bonchev–Trinajstić information content (AvgIpc) is 2.61. The molecular weight excluding hydrogens is 322 g/mol. The smallest absolute Gasteiger partial charge is 0.146 e. The number of hydrogen-bond donors (Lipinski definition) is 0. The first kappa shape index (κ1) is 19.9. The lowest BCUT2D eigenvalue weighted by Crippen LogP contribution is -2.64. The van der Waals surface area contributed by atoms with Gasteiger partial charge in [-0.15, -0.1) is 0 Å². The molecular formula is C22H33NOSi. The predicted molar refractivity (Wildman–Crippen MR) is 111 cm³/mol. The van der Waals surface area contributed by atoms with Crippen LogP contribution in [0, 0.1) is 0 Å². The highest BCUT2D eigenvalue weighted by Crippen LogP contribution is 2.32. The molecule has 0 radical (unpaired) electrons. The summed E-state index contributed by atoms with van der Waals surface area (Å²) in [6, 6.07) is 15.5. The number of aryl methyl sites for hydroxylation is 1. The first-order valence-corrected chi connectivity index (χ1v) is 11.7. The topological polar surface area (TPSA) is 22.1 Å². The van der Waals surface area contributed by atoms with E-state index in [-0.39, 0.29) is 0 Å². The van der Waals surface area contributed by atoms with E-state index in [2.05, 4.69) is 64.1 Å². The van der Waals surface area contributed by atoms with Gasteiger partial charge in [0, 0.05) is 25.2 Å². The molecule has 0 bridgehead atoms. The van der Waals surface area contributed by atoms with Crippen LogP contribution in [0.3, 0.4) is 0 Å². The zero-order valence-corrected chi connectivity index (χ0v) is 17.5. The number of rotatable bonds is 9. The highest BCUT2D eigenvalue weighted by atomic mass is 28.3. The molecule has 0 unspecified atom stereocenters. The Morgan fingerprint density at radius 2 is 1.60 bits per heavy atom. The van der Waals surface area contributed by atoms with E-state index in [1.807, 2.05) is 12.3 Å². The van der Waals surface area contributed by atoms with Crippen LogP contribution in [0.5, 0.6) is 0 Å². The normalized spacial score (nSPS) is 12.1. The molecule has 0 aliphatic heterocycles. The number of benzene rings is 1. The van der Waals surface area contributed by atoms with Crippen molar-refractivity contribution in [3.63, 3.8) is 0 Å². The van der Waals surface area contributed by atoms with Gasteiger partial charge in [-0.3, -0.25) is 4.98 Å². The maximum absolute atomic E-state index is 5.22. The highest BCUT2D eigenvalue weighted by molar-refractivity contribution is 7.03. The van der Waals surface area contributed by atoms with Gasteiger partial charge >= 0.3 is 0 Å². The number of ether oxygens (including phenoxy) is 1. The summed E-state index contributed by atoms with van der Waals surface area (Å²) < 4.78 is 5.22.